The number of hydrogen-bond donors (Lipinski definition) is 1. The van der Waals surface area contributed by atoms with Crippen LogP contribution in [0, 0.1) is 30.9 Å². The highest BCUT2D eigenvalue weighted by molar-refractivity contribution is 7.92. The van der Waals surface area contributed by atoms with E-state index < -0.39 is 32.3 Å². The molecule has 1 N–H and O–H groups in total. The van der Waals surface area contributed by atoms with Gasteiger partial charge in [0.1, 0.15) is 12.3 Å². The van der Waals surface area contributed by atoms with Gasteiger partial charge < -0.3 is 9.30 Å². The van der Waals surface area contributed by atoms with Crippen molar-refractivity contribution in [1.82, 2.24) is 9.99 Å². The Bertz CT molecular complexity index is 1860. The lowest BCUT2D eigenvalue weighted by Crippen LogP contribution is -2.39. The Kier molecular flexibility index (Phi) is 9.43. The summed E-state index contributed by atoms with van der Waals surface area (Å²) in [5.74, 6) is -0.675. The minimum Gasteiger partial charge on any atom is -0.495 e. The summed E-state index contributed by atoms with van der Waals surface area (Å²) in [5, 5.41) is 16.3. The molecule has 0 radical (unpaired) electrons. The second-order valence-electron chi connectivity index (χ2n) is 9.47. The fraction of sp³-hybridized carbons (Fsp3) is 0.172. The number of hydrogen-bond acceptors (Lipinski definition) is 7. The average Bonchev–Trinajstić information content (AvgIpc) is 3.23. The molecule has 1 aromatic heterocycles. The number of aryl methyl sites for hydroxylation is 2. The quantitative estimate of drug-likeness (QED) is 0.128. The lowest BCUT2D eigenvalue weighted by atomic mass is 10.2. The number of rotatable bonds is 10. The number of nitro groups is 1. The molecule has 3 aromatic carbocycles. The molecule has 11 nitrogen and oxygen atoms in total. The summed E-state index contributed by atoms with van der Waals surface area (Å²) in [7, 11) is -3.20. The summed E-state index contributed by atoms with van der Waals surface area (Å²) in [4.78, 5) is 23.5. The molecular weight excluding hydrogens is 617 g/mol. The van der Waals surface area contributed by atoms with Crippen LogP contribution in [0.1, 0.15) is 22.5 Å². The first kappa shape index (κ1) is 31.5. The van der Waals surface area contributed by atoms with Crippen LogP contribution in [0.15, 0.2) is 76.7 Å². The van der Waals surface area contributed by atoms with Crippen LogP contribution in [0.5, 0.6) is 5.75 Å². The predicted molar refractivity (Wildman–Crippen MR) is 166 cm³/mol. The Labute approximate surface area is 258 Å². The number of anilines is 1. The normalized spacial score (nSPS) is 11.5. The van der Waals surface area contributed by atoms with Crippen LogP contribution in [0.3, 0.4) is 0 Å². The van der Waals surface area contributed by atoms with Gasteiger partial charge in [-0.25, -0.2) is 13.8 Å². The van der Waals surface area contributed by atoms with Crippen molar-refractivity contribution in [2.45, 2.75) is 25.7 Å². The number of nitrogens with zero attached hydrogens (tertiary/aromatic N) is 4. The third-order valence-corrected chi connectivity index (χ3v) is 8.82. The van der Waals surface area contributed by atoms with Crippen LogP contribution in [0.25, 0.3) is 5.69 Å². The minimum absolute atomic E-state index is 0.0394. The maximum atomic E-state index is 13.8. The van der Waals surface area contributed by atoms with Crippen LogP contribution in [0.2, 0.25) is 10.0 Å². The predicted octanol–water partition coefficient (Wildman–Crippen LogP) is 5.97. The van der Waals surface area contributed by atoms with Crippen molar-refractivity contribution >= 4 is 56.7 Å². The van der Waals surface area contributed by atoms with Crippen molar-refractivity contribution < 1.29 is 22.9 Å². The van der Waals surface area contributed by atoms with Crippen LogP contribution in [-0.4, -0.2) is 43.7 Å². The van der Waals surface area contributed by atoms with Gasteiger partial charge in [-0.3, -0.25) is 19.2 Å². The zero-order valence-electron chi connectivity index (χ0n) is 23.5. The molecule has 0 bridgehead atoms. The lowest BCUT2D eigenvalue weighted by molar-refractivity contribution is -0.385. The summed E-state index contributed by atoms with van der Waals surface area (Å²) in [6.45, 7) is 4.56. The monoisotopic (exact) mass is 643 g/mol. The molecule has 0 saturated heterocycles. The molecule has 0 saturated carbocycles. The SMILES string of the molecule is COc1ccc(Cl)cc1N(CC(=O)N/N=C\c1cc(C)n(-c2cccc(Cl)c2)c1C)S(=O)(=O)c1ccc(C)c([N+](=O)[O-])c1. The van der Waals surface area contributed by atoms with E-state index in [2.05, 4.69) is 10.5 Å². The minimum atomic E-state index is -4.53. The molecule has 43 heavy (non-hydrogen) atoms. The van der Waals surface area contributed by atoms with Gasteiger partial charge in [-0.2, -0.15) is 5.10 Å². The van der Waals surface area contributed by atoms with Crippen molar-refractivity contribution in [1.29, 1.82) is 0 Å². The van der Waals surface area contributed by atoms with Crippen LogP contribution in [0.4, 0.5) is 11.4 Å². The second kappa shape index (κ2) is 12.9. The first-order chi connectivity index (χ1) is 20.3. The van der Waals surface area contributed by atoms with Crippen LogP contribution < -0.4 is 14.5 Å². The third-order valence-electron chi connectivity index (χ3n) is 6.59. The van der Waals surface area contributed by atoms with E-state index >= 15 is 0 Å². The topological polar surface area (TPSA) is 136 Å². The Morgan fingerprint density at radius 3 is 2.47 bits per heavy atom. The largest absolute Gasteiger partial charge is 0.495 e. The number of halogens is 2. The lowest BCUT2D eigenvalue weighted by Gasteiger charge is -2.25. The highest BCUT2D eigenvalue weighted by Gasteiger charge is 2.31. The van der Waals surface area contributed by atoms with Gasteiger partial charge >= 0.3 is 0 Å². The second-order valence-corrected chi connectivity index (χ2v) is 12.2. The van der Waals surface area contributed by atoms with Gasteiger partial charge in [-0.1, -0.05) is 35.3 Å². The van der Waals surface area contributed by atoms with Crippen molar-refractivity contribution in [3.63, 3.8) is 0 Å². The van der Waals surface area contributed by atoms with E-state index in [1.807, 2.05) is 42.7 Å². The van der Waals surface area contributed by atoms with Gasteiger partial charge in [0.15, 0.2) is 0 Å². The Morgan fingerprint density at radius 1 is 1.07 bits per heavy atom. The standard InChI is InChI=1S/C29H27Cl2N5O6S/c1-18-8-10-25(15-26(18)36(38)39)43(40,41)34(27-14-23(31)9-11-28(27)42-4)17-29(37)33-32-16-21-12-19(2)35(20(21)3)24-7-5-6-22(30)13-24/h5-16H,17H2,1-4H3,(H,33,37)/b32-16-. The zero-order chi connectivity index (χ0) is 31.5. The zero-order valence-corrected chi connectivity index (χ0v) is 25.9. The molecule has 0 aliphatic rings. The number of benzene rings is 3. The molecule has 14 heteroatoms. The smallest absolute Gasteiger partial charge is 0.273 e. The van der Waals surface area contributed by atoms with Gasteiger partial charge in [0.05, 0.1) is 28.8 Å². The van der Waals surface area contributed by atoms with Crippen LogP contribution >= 0.6 is 23.2 Å². The van der Waals surface area contributed by atoms with Gasteiger partial charge in [-0.05, 0) is 69.3 Å². The number of nitrogens with one attached hydrogen (secondary N) is 1. The van der Waals surface area contributed by atoms with Crippen LogP contribution in [-0.2, 0) is 14.8 Å². The number of sulfonamides is 1. The highest BCUT2D eigenvalue weighted by atomic mass is 35.5. The molecule has 0 spiro atoms. The fourth-order valence-corrected chi connectivity index (χ4v) is 6.30. The summed E-state index contributed by atoms with van der Waals surface area (Å²) in [6, 6.07) is 17.0. The molecule has 4 aromatic rings. The van der Waals surface area contributed by atoms with E-state index in [4.69, 9.17) is 27.9 Å². The van der Waals surface area contributed by atoms with Gasteiger partial charge in [0, 0.05) is 44.3 Å². The van der Waals surface area contributed by atoms with E-state index in [9.17, 15) is 23.3 Å². The van der Waals surface area contributed by atoms with Crippen molar-refractivity contribution in [3.05, 3.63) is 109 Å². The van der Waals surface area contributed by atoms with E-state index in [0.29, 0.717) is 10.6 Å². The maximum absolute atomic E-state index is 13.8. The number of carbonyl (C=O) groups is 1. The van der Waals surface area contributed by atoms with Gasteiger partial charge in [-0.15, -0.1) is 0 Å². The molecule has 0 atom stereocenters. The molecular formula is C29H27Cl2N5O6S. The van der Waals surface area contributed by atoms with E-state index in [1.54, 1.807) is 6.07 Å². The van der Waals surface area contributed by atoms with Gasteiger partial charge in [0.2, 0.25) is 0 Å². The number of aromatic nitrogens is 1. The van der Waals surface area contributed by atoms with Crippen molar-refractivity contribution in [2.75, 3.05) is 18.0 Å². The van der Waals surface area contributed by atoms with E-state index in [-0.39, 0.29) is 27.7 Å². The van der Waals surface area contributed by atoms with E-state index in [0.717, 1.165) is 27.4 Å². The molecule has 0 unspecified atom stereocenters. The van der Waals surface area contributed by atoms with Crippen molar-refractivity contribution in [3.8, 4) is 11.4 Å². The number of ether oxygens (including phenoxy) is 1. The number of nitro benzene ring substituents is 1. The maximum Gasteiger partial charge on any atom is 0.273 e. The van der Waals surface area contributed by atoms with E-state index in [1.165, 1.54) is 50.6 Å². The molecule has 1 heterocycles. The summed E-state index contributed by atoms with van der Waals surface area (Å²) in [5.41, 5.74) is 5.53. The Morgan fingerprint density at radius 2 is 1.79 bits per heavy atom. The third kappa shape index (κ3) is 6.82. The molecule has 4 rings (SSSR count). The number of carbonyl (C=O) groups excluding carboxylic acids is 1. The Balaban J connectivity index is 1.65. The van der Waals surface area contributed by atoms with Gasteiger partial charge in [0.25, 0.3) is 21.6 Å². The highest BCUT2D eigenvalue weighted by Crippen LogP contribution is 2.35. The summed E-state index contributed by atoms with van der Waals surface area (Å²) < 4.78 is 35.8. The molecule has 0 aliphatic heterocycles. The number of methoxy groups -OCH3 is 1. The summed E-state index contributed by atoms with van der Waals surface area (Å²) >= 11 is 12.3. The molecule has 0 fully saturated rings. The first-order valence-corrected chi connectivity index (χ1v) is 14.9. The fourth-order valence-electron chi connectivity index (χ4n) is 4.50. The Hall–Kier alpha value is -4.39. The number of amides is 1. The number of hydrazone groups is 1. The molecule has 1 amide bonds. The first-order valence-electron chi connectivity index (χ1n) is 12.7. The molecule has 224 valence electrons. The van der Waals surface area contributed by atoms with Crippen molar-refractivity contribution in [2.24, 2.45) is 5.10 Å². The average molecular weight is 645 g/mol. The summed E-state index contributed by atoms with van der Waals surface area (Å²) in [6.07, 6.45) is 1.45. The molecule has 0 aliphatic carbocycles.